The van der Waals surface area contributed by atoms with Gasteiger partial charge in [0.05, 0.1) is 19.1 Å². The predicted molar refractivity (Wildman–Crippen MR) is 103 cm³/mol. The van der Waals surface area contributed by atoms with Crippen molar-refractivity contribution < 1.29 is 9.53 Å². The molecule has 1 saturated heterocycles. The standard InChI is InChI=1S/C22H31N3O2/c26-21(24-22-18-8-16-7-17(10-18)11-19(22)9-16)12-20-14-25(5-6-27-20)13-15-1-3-23-4-2-15/h1-4,16-20,22H,5-14H2,(H,24,26). The molecule has 5 fully saturated rings. The highest BCUT2D eigenvalue weighted by molar-refractivity contribution is 5.77. The topological polar surface area (TPSA) is 54.5 Å². The number of nitrogens with one attached hydrogen (secondary N) is 1. The zero-order valence-electron chi connectivity index (χ0n) is 16.1. The summed E-state index contributed by atoms with van der Waals surface area (Å²) in [7, 11) is 0. The Labute approximate surface area is 161 Å². The van der Waals surface area contributed by atoms with Gasteiger partial charge >= 0.3 is 0 Å². The Morgan fingerprint density at radius 2 is 1.81 bits per heavy atom. The van der Waals surface area contributed by atoms with E-state index in [9.17, 15) is 4.79 Å². The molecule has 5 nitrogen and oxygen atoms in total. The molecule has 1 aromatic heterocycles. The Morgan fingerprint density at radius 3 is 2.52 bits per heavy atom. The Bertz CT molecular complexity index is 637. The number of aromatic nitrogens is 1. The first-order valence-electron chi connectivity index (χ1n) is 10.7. The molecular formula is C22H31N3O2. The van der Waals surface area contributed by atoms with E-state index in [1.54, 1.807) is 0 Å². The second-order valence-corrected chi connectivity index (χ2v) is 9.31. The number of nitrogens with zero attached hydrogens (tertiary/aromatic N) is 2. The van der Waals surface area contributed by atoms with Gasteiger partial charge in [0.1, 0.15) is 0 Å². The van der Waals surface area contributed by atoms with E-state index in [-0.39, 0.29) is 12.0 Å². The summed E-state index contributed by atoms with van der Waals surface area (Å²) in [6, 6.07) is 4.55. The van der Waals surface area contributed by atoms with Crippen LogP contribution in [0.25, 0.3) is 0 Å². The lowest BCUT2D eigenvalue weighted by molar-refractivity contribution is -0.130. The number of pyridine rings is 1. The van der Waals surface area contributed by atoms with Gasteiger partial charge in [0.15, 0.2) is 0 Å². The molecule has 1 aliphatic heterocycles. The number of carbonyl (C=O) groups is 1. The van der Waals surface area contributed by atoms with Crippen LogP contribution >= 0.6 is 0 Å². The van der Waals surface area contributed by atoms with Crippen LogP contribution in [0, 0.1) is 23.7 Å². The van der Waals surface area contributed by atoms with Crippen LogP contribution in [-0.4, -0.2) is 47.6 Å². The molecule has 0 aromatic carbocycles. The zero-order valence-corrected chi connectivity index (χ0v) is 16.1. The van der Waals surface area contributed by atoms with Crippen LogP contribution in [0.5, 0.6) is 0 Å². The van der Waals surface area contributed by atoms with Crippen molar-refractivity contribution >= 4 is 5.91 Å². The molecule has 2 heterocycles. The van der Waals surface area contributed by atoms with Crippen molar-refractivity contribution in [1.29, 1.82) is 0 Å². The average molecular weight is 370 g/mol. The third kappa shape index (κ3) is 3.90. The molecule has 0 radical (unpaired) electrons. The number of ether oxygens (including phenoxy) is 1. The summed E-state index contributed by atoms with van der Waals surface area (Å²) >= 11 is 0. The Hall–Kier alpha value is -1.46. The molecule has 1 atom stereocenters. The van der Waals surface area contributed by atoms with Gasteiger partial charge in [-0.15, -0.1) is 0 Å². The second kappa shape index (κ2) is 7.51. The Morgan fingerprint density at radius 1 is 1.11 bits per heavy atom. The highest BCUT2D eigenvalue weighted by atomic mass is 16.5. The van der Waals surface area contributed by atoms with Gasteiger partial charge in [-0.3, -0.25) is 14.7 Å². The normalized spacial score (nSPS) is 38.1. The fourth-order valence-electron chi connectivity index (χ4n) is 6.41. The van der Waals surface area contributed by atoms with Crippen LogP contribution in [0.4, 0.5) is 0 Å². The summed E-state index contributed by atoms with van der Waals surface area (Å²) in [5, 5.41) is 3.43. The van der Waals surface area contributed by atoms with Crippen molar-refractivity contribution in [3.05, 3.63) is 30.1 Å². The summed E-state index contributed by atoms with van der Waals surface area (Å²) in [5.41, 5.74) is 1.27. The maximum absolute atomic E-state index is 12.8. The first-order chi connectivity index (χ1) is 13.2. The number of carbonyl (C=O) groups excluding carboxylic acids is 1. The summed E-state index contributed by atoms with van der Waals surface area (Å²) in [4.78, 5) is 19.2. The van der Waals surface area contributed by atoms with Gasteiger partial charge in [-0.2, -0.15) is 0 Å². The summed E-state index contributed by atoms with van der Waals surface area (Å²) in [6.07, 6.45) is 11.0. The van der Waals surface area contributed by atoms with Gasteiger partial charge in [0, 0.05) is 38.1 Å². The highest BCUT2D eigenvalue weighted by Gasteiger charge is 2.48. The SMILES string of the molecule is O=C(CC1CN(Cc2ccncc2)CCO1)NC1C2CC3CC(C2)CC1C3. The lowest BCUT2D eigenvalue weighted by atomic mass is 9.54. The molecule has 4 saturated carbocycles. The van der Waals surface area contributed by atoms with Crippen molar-refractivity contribution in [2.24, 2.45) is 23.7 Å². The monoisotopic (exact) mass is 369 g/mol. The fourth-order valence-corrected chi connectivity index (χ4v) is 6.41. The van der Waals surface area contributed by atoms with Crippen LogP contribution in [0.15, 0.2) is 24.5 Å². The molecular weight excluding hydrogens is 338 g/mol. The van der Waals surface area contributed by atoms with Gasteiger partial charge in [-0.1, -0.05) is 0 Å². The number of rotatable bonds is 5. The Balaban J connectivity index is 1.13. The van der Waals surface area contributed by atoms with E-state index >= 15 is 0 Å². The van der Waals surface area contributed by atoms with Crippen molar-refractivity contribution in [2.75, 3.05) is 19.7 Å². The smallest absolute Gasteiger partial charge is 0.222 e. The van der Waals surface area contributed by atoms with E-state index in [4.69, 9.17) is 4.74 Å². The first kappa shape index (κ1) is 17.6. The van der Waals surface area contributed by atoms with Gasteiger partial charge in [-0.05, 0) is 73.5 Å². The minimum absolute atomic E-state index is 0.0115. The molecule has 6 rings (SSSR count). The molecule has 146 valence electrons. The maximum atomic E-state index is 12.8. The summed E-state index contributed by atoms with van der Waals surface area (Å²) in [6.45, 7) is 3.37. The van der Waals surface area contributed by atoms with E-state index in [2.05, 4.69) is 27.3 Å². The molecule has 4 aliphatic carbocycles. The molecule has 0 spiro atoms. The highest BCUT2D eigenvalue weighted by Crippen LogP contribution is 2.53. The predicted octanol–water partition coefficient (Wildman–Crippen LogP) is 2.61. The van der Waals surface area contributed by atoms with Crippen LogP contribution < -0.4 is 5.32 Å². The third-order valence-electron chi connectivity index (χ3n) is 7.35. The molecule has 5 heteroatoms. The van der Waals surface area contributed by atoms with Gasteiger partial charge < -0.3 is 10.1 Å². The summed E-state index contributed by atoms with van der Waals surface area (Å²) < 4.78 is 5.91. The van der Waals surface area contributed by atoms with E-state index in [0.29, 0.717) is 19.1 Å². The molecule has 27 heavy (non-hydrogen) atoms. The minimum Gasteiger partial charge on any atom is -0.375 e. The van der Waals surface area contributed by atoms with E-state index < -0.39 is 0 Å². The van der Waals surface area contributed by atoms with Crippen molar-refractivity contribution in [3.63, 3.8) is 0 Å². The summed E-state index contributed by atoms with van der Waals surface area (Å²) in [5.74, 6) is 3.57. The number of hydrogen-bond acceptors (Lipinski definition) is 4. The van der Waals surface area contributed by atoms with Gasteiger partial charge in [-0.25, -0.2) is 0 Å². The van der Waals surface area contributed by atoms with Gasteiger partial charge in [0.2, 0.25) is 5.91 Å². The Kier molecular flexibility index (Phi) is 4.91. The van der Waals surface area contributed by atoms with Crippen LogP contribution in [-0.2, 0) is 16.1 Å². The second-order valence-electron chi connectivity index (χ2n) is 9.31. The molecule has 4 bridgehead atoms. The number of morpholine rings is 1. The quantitative estimate of drug-likeness (QED) is 0.867. The molecule has 1 unspecified atom stereocenters. The number of hydrogen-bond donors (Lipinski definition) is 1. The van der Waals surface area contributed by atoms with Crippen LogP contribution in [0.1, 0.15) is 44.1 Å². The van der Waals surface area contributed by atoms with Crippen molar-refractivity contribution in [1.82, 2.24) is 15.2 Å². The van der Waals surface area contributed by atoms with Crippen LogP contribution in [0.3, 0.4) is 0 Å². The van der Waals surface area contributed by atoms with Crippen LogP contribution in [0.2, 0.25) is 0 Å². The molecule has 1 N–H and O–H groups in total. The fraction of sp³-hybridized carbons (Fsp3) is 0.727. The number of amides is 1. The van der Waals surface area contributed by atoms with E-state index in [0.717, 1.165) is 43.3 Å². The van der Waals surface area contributed by atoms with Gasteiger partial charge in [0.25, 0.3) is 0 Å². The lowest BCUT2D eigenvalue weighted by Crippen LogP contribution is -2.56. The van der Waals surface area contributed by atoms with E-state index in [1.807, 2.05) is 12.4 Å². The lowest BCUT2D eigenvalue weighted by Gasteiger charge is -2.54. The van der Waals surface area contributed by atoms with Crippen molar-refractivity contribution in [2.45, 2.75) is 57.2 Å². The molecule has 1 aromatic rings. The minimum atomic E-state index is 0.0115. The first-order valence-corrected chi connectivity index (χ1v) is 10.7. The maximum Gasteiger partial charge on any atom is 0.222 e. The zero-order chi connectivity index (χ0) is 18.2. The average Bonchev–Trinajstić information content (AvgIpc) is 2.65. The molecule has 1 amide bonds. The largest absolute Gasteiger partial charge is 0.375 e. The van der Waals surface area contributed by atoms with Crippen molar-refractivity contribution in [3.8, 4) is 0 Å². The molecule has 5 aliphatic rings. The third-order valence-corrected chi connectivity index (χ3v) is 7.35. The van der Waals surface area contributed by atoms with E-state index in [1.165, 1.54) is 37.7 Å².